The van der Waals surface area contributed by atoms with E-state index in [4.69, 9.17) is 0 Å². The molecule has 1 N–H and O–H groups in total. The minimum absolute atomic E-state index is 0.692. The van der Waals surface area contributed by atoms with Crippen molar-refractivity contribution in [2.75, 3.05) is 0 Å². The van der Waals surface area contributed by atoms with Crippen LogP contribution in [0.4, 0.5) is 0 Å². The Hall–Kier alpha value is -3.02. The fourth-order valence-electron chi connectivity index (χ4n) is 3.37. The molecule has 3 aromatic rings. The molecule has 0 atom stereocenters. The Bertz CT molecular complexity index is 1020. The summed E-state index contributed by atoms with van der Waals surface area (Å²) in [5, 5.41) is 17.9. The molecule has 4 rings (SSSR count). The lowest BCUT2D eigenvalue weighted by molar-refractivity contribution is -0.142. The predicted molar refractivity (Wildman–Crippen MR) is 97.4 cm³/mol. The molecule has 6 nitrogen and oxygen atoms in total. The molecular formula is C20H20N4O2. The fraction of sp³-hybridized carbons (Fsp3) is 0.300. The predicted octanol–water partition coefficient (Wildman–Crippen LogP) is 3.10. The molecule has 0 radical (unpaired) electrons. The van der Waals surface area contributed by atoms with Crippen LogP contribution in [-0.2, 0) is 23.1 Å². The lowest BCUT2D eigenvalue weighted by atomic mass is 9.84. The van der Waals surface area contributed by atoms with Crippen LogP contribution in [0.3, 0.4) is 0 Å². The molecule has 1 aliphatic heterocycles. The molecule has 2 aromatic heterocycles. The number of carboxylic acids is 1. The number of benzene rings is 1. The van der Waals surface area contributed by atoms with Crippen molar-refractivity contribution >= 4 is 5.97 Å². The van der Waals surface area contributed by atoms with Gasteiger partial charge in [-0.3, -0.25) is 14.3 Å². The van der Waals surface area contributed by atoms with Gasteiger partial charge in [-0.1, -0.05) is 6.07 Å². The van der Waals surface area contributed by atoms with Gasteiger partial charge in [-0.25, -0.2) is 0 Å². The first kappa shape index (κ1) is 16.4. The van der Waals surface area contributed by atoms with E-state index in [-0.39, 0.29) is 0 Å². The molecule has 1 aromatic carbocycles. The highest BCUT2D eigenvalue weighted by atomic mass is 16.4. The van der Waals surface area contributed by atoms with Gasteiger partial charge in [0.25, 0.3) is 0 Å². The van der Waals surface area contributed by atoms with Crippen LogP contribution in [0.1, 0.15) is 36.6 Å². The number of hydrogen-bond acceptors (Lipinski definition) is 4. The summed E-state index contributed by atoms with van der Waals surface area (Å²) in [7, 11) is 0. The Labute approximate surface area is 151 Å². The lowest BCUT2D eigenvalue weighted by Crippen LogP contribution is -2.28. The second-order valence-electron chi connectivity index (χ2n) is 7.23. The summed E-state index contributed by atoms with van der Waals surface area (Å²) < 4.78 is 2.10. The Kier molecular flexibility index (Phi) is 3.64. The number of carbonyl (C=O) groups is 1. The molecule has 0 amide bonds. The molecule has 6 heteroatoms. The Balaban J connectivity index is 1.77. The second kappa shape index (κ2) is 5.76. The number of pyridine rings is 1. The van der Waals surface area contributed by atoms with E-state index < -0.39 is 11.4 Å². The van der Waals surface area contributed by atoms with Crippen LogP contribution in [0.15, 0.2) is 36.7 Å². The molecule has 3 heterocycles. The summed E-state index contributed by atoms with van der Waals surface area (Å²) in [5.41, 5.74) is 4.02. The Morgan fingerprint density at radius 3 is 2.69 bits per heavy atom. The molecule has 0 bridgehead atoms. The second-order valence-corrected chi connectivity index (χ2v) is 7.23. The molecule has 0 unspecified atom stereocenters. The first-order valence-corrected chi connectivity index (χ1v) is 8.61. The van der Waals surface area contributed by atoms with Crippen LogP contribution in [0, 0.1) is 6.92 Å². The van der Waals surface area contributed by atoms with Crippen molar-refractivity contribution in [2.45, 2.75) is 39.0 Å². The van der Waals surface area contributed by atoms with Crippen LogP contribution in [0.25, 0.3) is 16.8 Å². The van der Waals surface area contributed by atoms with Crippen molar-refractivity contribution in [1.82, 2.24) is 19.7 Å². The first-order valence-electron chi connectivity index (χ1n) is 8.61. The van der Waals surface area contributed by atoms with Crippen molar-refractivity contribution in [3.8, 4) is 16.8 Å². The van der Waals surface area contributed by atoms with E-state index in [0.29, 0.717) is 5.56 Å². The number of aromatic nitrogens is 4. The highest BCUT2D eigenvalue weighted by Gasteiger charge is 2.30. The van der Waals surface area contributed by atoms with E-state index in [1.807, 2.05) is 19.1 Å². The van der Waals surface area contributed by atoms with Gasteiger partial charge in [0.1, 0.15) is 11.6 Å². The van der Waals surface area contributed by atoms with Crippen molar-refractivity contribution < 1.29 is 9.90 Å². The van der Waals surface area contributed by atoms with Gasteiger partial charge in [-0.2, -0.15) is 0 Å². The van der Waals surface area contributed by atoms with E-state index >= 15 is 0 Å². The largest absolute Gasteiger partial charge is 0.481 e. The molecule has 0 saturated carbocycles. The zero-order chi connectivity index (χ0) is 18.5. The Morgan fingerprint density at radius 2 is 1.92 bits per heavy atom. The van der Waals surface area contributed by atoms with Crippen LogP contribution in [0.5, 0.6) is 0 Å². The molecule has 0 spiro atoms. The van der Waals surface area contributed by atoms with Crippen LogP contribution in [-0.4, -0.2) is 30.8 Å². The summed E-state index contributed by atoms with van der Waals surface area (Å²) in [4.78, 5) is 15.8. The highest BCUT2D eigenvalue weighted by molar-refractivity contribution is 5.81. The van der Waals surface area contributed by atoms with Gasteiger partial charge in [0, 0.05) is 24.4 Å². The monoisotopic (exact) mass is 348 g/mol. The molecule has 0 aliphatic carbocycles. The van der Waals surface area contributed by atoms with Crippen LogP contribution in [0.2, 0.25) is 0 Å². The third-order valence-corrected chi connectivity index (χ3v) is 5.16. The van der Waals surface area contributed by atoms with Gasteiger partial charge in [0.15, 0.2) is 0 Å². The van der Waals surface area contributed by atoms with Crippen molar-refractivity contribution in [3.05, 3.63) is 59.4 Å². The van der Waals surface area contributed by atoms with Crippen molar-refractivity contribution in [1.29, 1.82) is 0 Å². The molecular weight excluding hydrogens is 328 g/mol. The Morgan fingerprint density at radius 1 is 1.12 bits per heavy atom. The maximum atomic E-state index is 11.5. The standard InChI is InChI=1S/C20H20N4O2/c1-12-22-23-18-7-5-14-8-13(4-6-17(14)24(12)18)15-9-16(11-21-10-15)20(2,3)19(25)26/h4,6,8-11H,5,7H2,1-3H3,(H,25,26). The number of hydrogen-bond donors (Lipinski definition) is 1. The quantitative estimate of drug-likeness (QED) is 0.786. The van der Waals surface area contributed by atoms with Gasteiger partial charge in [-0.15, -0.1) is 10.2 Å². The normalized spacial score (nSPS) is 13.2. The van der Waals surface area contributed by atoms with E-state index in [1.54, 1.807) is 26.2 Å². The average molecular weight is 348 g/mol. The third-order valence-electron chi connectivity index (χ3n) is 5.16. The summed E-state index contributed by atoms with van der Waals surface area (Å²) in [6.07, 6.45) is 5.18. The molecule has 132 valence electrons. The number of aliphatic carboxylic acids is 1. The van der Waals surface area contributed by atoms with E-state index in [9.17, 15) is 9.90 Å². The van der Waals surface area contributed by atoms with Crippen molar-refractivity contribution in [3.63, 3.8) is 0 Å². The molecule has 0 saturated heterocycles. The summed E-state index contributed by atoms with van der Waals surface area (Å²) in [6.45, 7) is 5.35. The van der Waals surface area contributed by atoms with Gasteiger partial charge in [0.2, 0.25) is 0 Å². The van der Waals surface area contributed by atoms with E-state index in [2.05, 4.69) is 31.9 Å². The smallest absolute Gasteiger partial charge is 0.313 e. The topological polar surface area (TPSA) is 80.9 Å². The van der Waals surface area contributed by atoms with Gasteiger partial charge < -0.3 is 5.11 Å². The minimum Gasteiger partial charge on any atom is -0.481 e. The SMILES string of the molecule is Cc1nnc2n1-c1ccc(-c3cncc(C(C)(C)C(=O)O)c3)cc1CC2. The fourth-order valence-corrected chi connectivity index (χ4v) is 3.37. The summed E-state index contributed by atoms with van der Waals surface area (Å²) in [5.74, 6) is 1.02. The number of carboxylic acid groups (broad SMARTS) is 1. The first-order chi connectivity index (χ1) is 12.4. The van der Waals surface area contributed by atoms with Gasteiger partial charge in [-0.05, 0) is 62.1 Å². The molecule has 26 heavy (non-hydrogen) atoms. The minimum atomic E-state index is -0.980. The van der Waals surface area contributed by atoms with Crippen LogP contribution >= 0.6 is 0 Å². The summed E-state index contributed by atoms with van der Waals surface area (Å²) >= 11 is 0. The van der Waals surface area contributed by atoms with Gasteiger partial charge >= 0.3 is 5.97 Å². The van der Waals surface area contributed by atoms with E-state index in [1.165, 1.54) is 5.56 Å². The molecule has 1 aliphatic rings. The molecule has 0 fully saturated rings. The maximum absolute atomic E-state index is 11.5. The number of nitrogens with zero attached hydrogens (tertiary/aromatic N) is 4. The van der Waals surface area contributed by atoms with Gasteiger partial charge in [0.05, 0.1) is 11.1 Å². The van der Waals surface area contributed by atoms with Crippen LogP contribution < -0.4 is 0 Å². The zero-order valence-corrected chi connectivity index (χ0v) is 15.0. The van der Waals surface area contributed by atoms with E-state index in [0.717, 1.165) is 41.3 Å². The highest BCUT2D eigenvalue weighted by Crippen LogP contribution is 2.31. The lowest BCUT2D eigenvalue weighted by Gasteiger charge is -2.21. The third kappa shape index (κ3) is 2.49. The number of aryl methyl sites for hydroxylation is 3. The maximum Gasteiger partial charge on any atom is 0.313 e. The number of rotatable bonds is 3. The average Bonchev–Trinajstić information content (AvgIpc) is 3.02. The summed E-state index contributed by atoms with van der Waals surface area (Å²) in [6, 6.07) is 8.20. The number of fused-ring (bicyclic) bond motifs is 3. The zero-order valence-electron chi connectivity index (χ0n) is 15.0. The van der Waals surface area contributed by atoms with Crippen molar-refractivity contribution in [2.24, 2.45) is 0 Å².